The lowest BCUT2D eigenvalue weighted by atomic mass is 9.92. The van der Waals surface area contributed by atoms with Gasteiger partial charge in [0, 0.05) is 34.9 Å². The molecule has 1 aromatic carbocycles. The average molecular weight is 419 g/mol. The third-order valence-corrected chi connectivity index (χ3v) is 5.26. The minimum atomic E-state index is -0.495. The van der Waals surface area contributed by atoms with Crippen LogP contribution in [0.15, 0.2) is 54.9 Å². The SMILES string of the molecule is CC(C)(C)c1ccc(NC(=O)Cc2ccc(-c3cnc4c(c3)C(F)=CC4)cc2F)cn1. The Morgan fingerprint density at radius 3 is 2.52 bits per heavy atom. The molecule has 2 heterocycles. The van der Waals surface area contributed by atoms with Gasteiger partial charge >= 0.3 is 0 Å². The summed E-state index contributed by atoms with van der Waals surface area (Å²) in [4.78, 5) is 21.0. The van der Waals surface area contributed by atoms with Gasteiger partial charge in [-0.25, -0.2) is 8.78 Å². The van der Waals surface area contributed by atoms with E-state index in [4.69, 9.17) is 0 Å². The molecule has 0 fully saturated rings. The molecule has 0 bridgehead atoms. The van der Waals surface area contributed by atoms with Gasteiger partial charge in [0.25, 0.3) is 0 Å². The van der Waals surface area contributed by atoms with E-state index in [0.29, 0.717) is 34.5 Å². The molecule has 158 valence electrons. The first-order valence-corrected chi connectivity index (χ1v) is 10.1. The highest BCUT2D eigenvalue weighted by Crippen LogP contribution is 2.31. The van der Waals surface area contributed by atoms with Crippen molar-refractivity contribution in [3.05, 3.63) is 83.2 Å². The zero-order chi connectivity index (χ0) is 22.2. The Kier molecular flexibility index (Phi) is 5.39. The molecule has 31 heavy (non-hydrogen) atoms. The van der Waals surface area contributed by atoms with Crippen LogP contribution in [-0.4, -0.2) is 15.9 Å². The number of nitrogens with one attached hydrogen (secondary N) is 1. The van der Waals surface area contributed by atoms with E-state index >= 15 is 0 Å². The van der Waals surface area contributed by atoms with Crippen molar-refractivity contribution >= 4 is 17.4 Å². The van der Waals surface area contributed by atoms with E-state index in [0.717, 1.165) is 5.69 Å². The Bertz CT molecular complexity index is 1180. The molecule has 6 heteroatoms. The minimum absolute atomic E-state index is 0.0795. The Morgan fingerprint density at radius 1 is 1.03 bits per heavy atom. The highest BCUT2D eigenvalue weighted by Gasteiger charge is 2.18. The van der Waals surface area contributed by atoms with Crippen LogP contribution in [0.3, 0.4) is 0 Å². The summed E-state index contributed by atoms with van der Waals surface area (Å²) in [7, 11) is 0. The van der Waals surface area contributed by atoms with Crippen LogP contribution in [0, 0.1) is 5.82 Å². The van der Waals surface area contributed by atoms with Crippen molar-refractivity contribution in [1.82, 2.24) is 9.97 Å². The smallest absolute Gasteiger partial charge is 0.228 e. The lowest BCUT2D eigenvalue weighted by Crippen LogP contribution is -2.17. The van der Waals surface area contributed by atoms with Gasteiger partial charge in [-0.05, 0) is 41.5 Å². The van der Waals surface area contributed by atoms with Gasteiger partial charge < -0.3 is 5.32 Å². The number of hydrogen-bond donors (Lipinski definition) is 1. The fraction of sp³-hybridized carbons (Fsp3) is 0.240. The lowest BCUT2D eigenvalue weighted by molar-refractivity contribution is -0.115. The predicted octanol–water partition coefficient (Wildman–Crippen LogP) is 5.63. The molecule has 0 unspecified atom stereocenters. The molecule has 0 saturated heterocycles. The molecule has 1 aliphatic rings. The number of hydrogen-bond acceptors (Lipinski definition) is 3. The summed E-state index contributed by atoms with van der Waals surface area (Å²) < 4.78 is 28.5. The van der Waals surface area contributed by atoms with Gasteiger partial charge in [0.1, 0.15) is 11.6 Å². The van der Waals surface area contributed by atoms with Crippen LogP contribution in [0.2, 0.25) is 0 Å². The molecule has 4 rings (SSSR count). The van der Waals surface area contributed by atoms with E-state index in [1.54, 1.807) is 36.7 Å². The molecule has 0 aliphatic heterocycles. The van der Waals surface area contributed by atoms with Crippen molar-refractivity contribution in [3.63, 3.8) is 0 Å². The third kappa shape index (κ3) is 4.53. The van der Waals surface area contributed by atoms with E-state index < -0.39 is 5.82 Å². The molecule has 4 nitrogen and oxygen atoms in total. The van der Waals surface area contributed by atoms with Crippen molar-refractivity contribution in [3.8, 4) is 11.1 Å². The molecule has 3 aromatic rings. The number of carbonyl (C=O) groups excluding carboxylic acids is 1. The standard InChI is InChI=1S/C25H23F2N3O/c1-25(2,3)23-9-6-18(14-29-23)30-24(31)12-16-5-4-15(11-21(16)27)17-10-19-20(26)7-8-22(19)28-13-17/h4-7,9-11,13-14H,8,12H2,1-3H3,(H,30,31). The minimum Gasteiger partial charge on any atom is -0.324 e. The van der Waals surface area contributed by atoms with Crippen molar-refractivity contribution in [2.24, 2.45) is 0 Å². The molecular formula is C25H23F2N3O. The Labute approximate surface area is 180 Å². The monoisotopic (exact) mass is 419 g/mol. The van der Waals surface area contributed by atoms with Gasteiger partial charge in [-0.2, -0.15) is 0 Å². The number of allylic oxidation sites excluding steroid dienone is 1. The number of nitrogens with zero attached hydrogens (tertiary/aromatic N) is 2. The highest BCUT2D eigenvalue weighted by atomic mass is 19.1. The van der Waals surface area contributed by atoms with Crippen LogP contribution in [0.5, 0.6) is 0 Å². The second-order valence-electron chi connectivity index (χ2n) is 8.69. The molecule has 1 N–H and O–H groups in total. The highest BCUT2D eigenvalue weighted by molar-refractivity contribution is 5.92. The van der Waals surface area contributed by atoms with E-state index in [9.17, 15) is 13.6 Å². The van der Waals surface area contributed by atoms with Gasteiger partial charge in [0.05, 0.1) is 24.0 Å². The Hall–Kier alpha value is -3.41. The molecule has 1 aliphatic carbocycles. The number of amides is 1. The fourth-order valence-corrected chi connectivity index (χ4v) is 3.48. The molecule has 1 amide bonds. The summed E-state index contributed by atoms with van der Waals surface area (Å²) in [5, 5.41) is 2.75. The van der Waals surface area contributed by atoms with Crippen LogP contribution >= 0.6 is 0 Å². The van der Waals surface area contributed by atoms with Crippen molar-refractivity contribution in [2.75, 3.05) is 5.32 Å². The van der Waals surface area contributed by atoms with E-state index in [2.05, 4.69) is 36.1 Å². The third-order valence-electron chi connectivity index (χ3n) is 5.26. The van der Waals surface area contributed by atoms with Gasteiger partial charge in [-0.1, -0.05) is 32.9 Å². The van der Waals surface area contributed by atoms with Crippen LogP contribution in [-0.2, 0) is 23.1 Å². The number of fused-ring (bicyclic) bond motifs is 1. The Balaban J connectivity index is 1.46. The average Bonchev–Trinajstić information content (AvgIpc) is 3.09. The van der Waals surface area contributed by atoms with Crippen LogP contribution < -0.4 is 5.32 Å². The van der Waals surface area contributed by atoms with Crippen molar-refractivity contribution in [2.45, 2.75) is 39.0 Å². The second kappa shape index (κ2) is 8.02. The molecule has 0 atom stereocenters. The summed E-state index contributed by atoms with van der Waals surface area (Å²) >= 11 is 0. The predicted molar refractivity (Wildman–Crippen MR) is 118 cm³/mol. The first-order valence-electron chi connectivity index (χ1n) is 10.1. The number of pyridine rings is 2. The second-order valence-corrected chi connectivity index (χ2v) is 8.69. The summed E-state index contributed by atoms with van der Waals surface area (Å²) in [6, 6.07) is 9.97. The lowest BCUT2D eigenvalue weighted by Gasteiger charge is -2.17. The van der Waals surface area contributed by atoms with Gasteiger partial charge in [0.15, 0.2) is 0 Å². The fourth-order valence-electron chi connectivity index (χ4n) is 3.48. The molecule has 0 spiro atoms. The van der Waals surface area contributed by atoms with Crippen LogP contribution in [0.4, 0.5) is 14.5 Å². The number of benzene rings is 1. The largest absolute Gasteiger partial charge is 0.324 e. The molecular weight excluding hydrogens is 396 g/mol. The zero-order valence-electron chi connectivity index (χ0n) is 17.7. The van der Waals surface area contributed by atoms with E-state index in [1.807, 2.05) is 6.07 Å². The Morgan fingerprint density at radius 2 is 1.84 bits per heavy atom. The maximum Gasteiger partial charge on any atom is 0.228 e. The molecule has 0 saturated carbocycles. The summed E-state index contributed by atoms with van der Waals surface area (Å²) in [6.07, 6.45) is 5.06. The maximum absolute atomic E-state index is 14.7. The summed E-state index contributed by atoms with van der Waals surface area (Å²) in [5.74, 6) is -1.13. The molecule has 2 aromatic heterocycles. The first-order chi connectivity index (χ1) is 14.7. The van der Waals surface area contributed by atoms with Crippen molar-refractivity contribution in [1.29, 1.82) is 0 Å². The number of rotatable bonds is 4. The van der Waals surface area contributed by atoms with Crippen LogP contribution in [0.1, 0.15) is 43.3 Å². The number of anilines is 1. The van der Waals surface area contributed by atoms with E-state index in [-0.39, 0.29) is 29.1 Å². The van der Waals surface area contributed by atoms with E-state index in [1.165, 1.54) is 12.1 Å². The zero-order valence-corrected chi connectivity index (χ0v) is 17.7. The first kappa shape index (κ1) is 20.8. The number of halogens is 2. The van der Waals surface area contributed by atoms with Crippen molar-refractivity contribution < 1.29 is 13.6 Å². The molecule has 0 radical (unpaired) electrons. The topological polar surface area (TPSA) is 54.9 Å². The number of aromatic nitrogens is 2. The number of carbonyl (C=O) groups is 1. The van der Waals surface area contributed by atoms with Gasteiger partial charge in [-0.15, -0.1) is 0 Å². The summed E-state index contributed by atoms with van der Waals surface area (Å²) in [6.45, 7) is 6.18. The maximum atomic E-state index is 14.7. The quantitative estimate of drug-likeness (QED) is 0.596. The summed E-state index contributed by atoms with van der Waals surface area (Å²) in [5.41, 5.74) is 4.03. The van der Waals surface area contributed by atoms with Crippen LogP contribution in [0.25, 0.3) is 17.0 Å². The van der Waals surface area contributed by atoms with Gasteiger partial charge in [-0.3, -0.25) is 14.8 Å². The van der Waals surface area contributed by atoms with Gasteiger partial charge in [0.2, 0.25) is 5.91 Å². The normalized spacial score (nSPS) is 13.0.